The standard InChI is InChI=1S/C33H36ClN3O10/c1-16-9-20(38)26(31(40)33(16)32(41)27-21(42-2)13-22(43-3)28(34)30(27)47-33)19(12-25(39)36-8-7-18-14-35-15-37-18)17-10-23(44-4)29(46-6)24(11-17)45-5/h10-11,13-16,19,40H,7-9,12H2,1-6H3,(H,35,37)(H,36,39)/t16-,19?,33+/m1/s1. The highest BCUT2D eigenvalue weighted by molar-refractivity contribution is 6.35. The van der Waals surface area contributed by atoms with Crippen LogP contribution in [0.5, 0.6) is 34.5 Å². The molecular formula is C33H36ClN3O10. The number of Topliss-reactive ketones (excluding diaryl/α,β-unsaturated/α-hetero) is 2. The number of rotatable bonds is 12. The van der Waals surface area contributed by atoms with Gasteiger partial charge in [-0.25, -0.2) is 4.98 Å². The van der Waals surface area contributed by atoms with Gasteiger partial charge < -0.3 is 43.8 Å². The lowest BCUT2D eigenvalue weighted by molar-refractivity contribution is -0.121. The van der Waals surface area contributed by atoms with Crippen molar-refractivity contribution >= 4 is 29.1 Å². The third-order valence-corrected chi connectivity index (χ3v) is 8.97. The molecule has 5 rings (SSSR count). The van der Waals surface area contributed by atoms with Gasteiger partial charge in [-0.3, -0.25) is 14.4 Å². The number of hydrogen-bond donors (Lipinski definition) is 3. The smallest absolute Gasteiger partial charge is 0.231 e. The molecule has 0 fully saturated rings. The molecule has 0 radical (unpaired) electrons. The second kappa shape index (κ2) is 13.4. The number of fused-ring (bicyclic) bond motifs is 1. The van der Waals surface area contributed by atoms with E-state index < -0.39 is 40.7 Å². The highest BCUT2D eigenvalue weighted by atomic mass is 35.5. The molecule has 14 heteroatoms. The van der Waals surface area contributed by atoms with Crippen molar-refractivity contribution in [2.75, 3.05) is 42.1 Å². The fourth-order valence-corrected chi connectivity index (χ4v) is 6.51. The highest BCUT2D eigenvalue weighted by Gasteiger charge is 2.61. The Balaban J connectivity index is 1.65. The Bertz CT molecular complexity index is 1710. The monoisotopic (exact) mass is 669 g/mol. The van der Waals surface area contributed by atoms with Gasteiger partial charge in [-0.15, -0.1) is 0 Å². The summed E-state index contributed by atoms with van der Waals surface area (Å²) in [6.45, 7) is 1.91. The van der Waals surface area contributed by atoms with Gasteiger partial charge >= 0.3 is 0 Å². The summed E-state index contributed by atoms with van der Waals surface area (Å²) in [7, 11) is 7.10. The summed E-state index contributed by atoms with van der Waals surface area (Å²) in [5, 5.41) is 15.0. The summed E-state index contributed by atoms with van der Waals surface area (Å²) < 4.78 is 33.7. The quantitative estimate of drug-likeness (QED) is 0.250. The molecule has 1 spiro atoms. The molecule has 47 heavy (non-hydrogen) atoms. The molecule has 3 aromatic rings. The maximum atomic E-state index is 14.3. The number of aromatic amines is 1. The van der Waals surface area contributed by atoms with Crippen molar-refractivity contribution in [2.24, 2.45) is 5.92 Å². The molecule has 250 valence electrons. The summed E-state index contributed by atoms with van der Waals surface area (Å²) >= 11 is 6.60. The molecule has 1 aromatic heterocycles. The van der Waals surface area contributed by atoms with Gasteiger partial charge in [-0.05, 0) is 17.7 Å². The van der Waals surface area contributed by atoms with Crippen LogP contribution in [0.4, 0.5) is 0 Å². The van der Waals surface area contributed by atoms with Gasteiger partial charge in [-0.1, -0.05) is 18.5 Å². The SMILES string of the molecule is COc1cc(OC)c2c(c1Cl)O[C@]1(C2=O)C(O)=C(C(CC(=O)NCCc2cnc[nH]2)c2cc(OC)c(OC)c(OC)c2)C(=O)C[C@H]1C. The molecule has 3 atom stereocenters. The molecule has 3 N–H and O–H groups in total. The Morgan fingerprint density at radius 1 is 1.06 bits per heavy atom. The number of amides is 1. The number of aliphatic hydroxyl groups excluding tert-OH is 1. The van der Waals surface area contributed by atoms with Crippen molar-refractivity contribution in [1.29, 1.82) is 0 Å². The summed E-state index contributed by atoms with van der Waals surface area (Å²) in [6.07, 6.45) is 3.22. The van der Waals surface area contributed by atoms with E-state index >= 15 is 0 Å². The molecule has 0 saturated carbocycles. The first-order valence-corrected chi connectivity index (χ1v) is 15.1. The number of ketones is 2. The Hall–Kier alpha value is -4.91. The van der Waals surface area contributed by atoms with Gasteiger partial charge in [0, 0.05) is 61.2 Å². The van der Waals surface area contributed by atoms with Crippen LogP contribution in [-0.4, -0.2) is 80.2 Å². The van der Waals surface area contributed by atoms with Gasteiger partial charge in [0.05, 0.1) is 41.9 Å². The first-order valence-electron chi connectivity index (χ1n) is 14.7. The number of H-pyrrole nitrogens is 1. The number of aliphatic hydroxyl groups is 1. The van der Waals surface area contributed by atoms with E-state index in [1.807, 2.05) is 0 Å². The van der Waals surface area contributed by atoms with E-state index in [4.69, 9.17) is 40.0 Å². The highest BCUT2D eigenvalue weighted by Crippen LogP contribution is 2.56. The fraction of sp³-hybridized carbons (Fsp3) is 0.394. The number of aromatic nitrogens is 2. The second-order valence-electron chi connectivity index (χ2n) is 11.1. The number of nitrogens with one attached hydrogen (secondary N) is 2. The normalized spacial score (nSPS) is 19.3. The van der Waals surface area contributed by atoms with Crippen LogP contribution >= 0.6 is 11.6 Å². The van der Waals surface area contributed by atoms with Crippen molar-refractivity contribution < 1.29 is 47.9 Å². The van der Waals surface area contributed by atoms with Crippen molar-refractivity contribution in [1.82, 2.24) is 15.3 Å². The van der Waals surface area contributed by atoms with Crippen molar-refractivity contribution in [3.05, 3.63) is 63.9 Å². The number of hydrogen-bond acceptors (Lipinski definition) is 11. The first-order chi connectivity index (χ1) is 22.6. The van der Waals surface area contributed by atoms with Gasteiger partial charge in [0.25, 0.3) is 0 Å². The number of ether oxygens (including phenoxy) is 6. The van der Waals surface area contributed by atoms with Crippen LogP contribution in [0.15, 0.2) is 42.1 Å². The zero-order valence-electron chi connectivity index (χ0n) is 26.8. The number of allylic oxidation sites excluding steroid dienone is 1. The maximum Gasteiger partial charge on any atom is 0.231 e. The Kier molecular flexibility index (Phi) is 9.57. The number of carbonyl (C=O) groups is 3. The lowest BCUT2D eigenvalue weighted by Crippen LogP contribution is -2.53. The molecular weight excluding hydrogens is 634 g/mol. The van der Waals surface area contributed by atoms with Crippen LogP contribution in [0.3, 0.4) is 0 Å². The number of methoxy groups -OCH3 is 5. The van der Waals surface area contributed by atoms with Crippen LogP contribution in [0.1, 0.15) is 47.3 Å². The summed E-state index contributed by atoms with van der Waals surface area (Å²) in [5.41, 5.74) is -0.976. The molecule has 2 aliphatic rings. The van der Waals surface area contributed by atoms with Gasteiger partial charge in [0.2, 0.25) is 23.0 Å². The lowest BCUT2D eigenvalue weighted by Gasteiger charge is -2.38. The van der Waals surface area contributed by atoms with Crippen molar-refractivity contribution in [3.63, 3.8) is 0 Å². The topological polar surface area (TPSA) is 168 Å². The predicted molar refractivity (Wildman–Crippen MR) is 169 cm³/mol. The minimum Gasteiger partial charge on any atom is -0.507 e. The van der Waals surface area contributed by atoms with E-state index in [1.54, 1.807) is 31.6 Å². The predicted octanol–water partition coefficient (Wildman–Crippen LogP) is 4.37. The number of imidazole rings is 1. The average molecular weight is 670 g/mol. The van der Waals surface area contributed by atoms with E-state index in [2.05, 4.69) is 15.3 Å². The van der Waals surface area contributed by atoms with Crippen LogP contribution in [-0.2, 0) is 16.0 Å². The minimum atomic E-state index is -2.04. The zero-order valence-corrected chi connectivity index (χ0v) is 27.6. The molecule has 0 bridgehead atoms. The minimum absolute atomic E-state index is 0.00444. The van der Waals surface area contributed by atoms with Crippen molar-refractivity contribution in [2.45, 2.75) is 37.7 Å². The number of benzene rings is 2. The van der Waals surface area contributed by atoms with E-state index in [0.29, 0.717) is 17.7 Å². The molecule has 2 aromatic carbocycles. The molecule has 2 heterocycles. The van der Waals surface area contributed by atoms with Crippen LogP contribution in [0.2, 0.25) is 5.02 Å². The molecule has 0 saturated heterocycles. The molecule has 1 unspecified atom stereocenters. The van der Waals surface area contributed by atoms with E-state index in [1.165, 1.54) is 41.6 Å². The molecule has 13 nitrogen and oxygen atoms in total. The van der Waals surface area contributed by atoms with Gasteiger partial charge in [-0.2, -0.15) is 0 Å². The first kappa shape index (κ1) is 33.5. The lowest BCUT2D eigenvalue weighted by atomic mass is 9.69. The van der Waals surface area contributed by atoms with E-state index in [0.717, 1.165) is 5.69 Å². The largest absolute Gasteiger partial charge is 0.507 e. The van der Waals surface area contributed by atoms with Crippen molar-refractivity contribution in [3.8, 4) is 34.5 Å². The second-order valence-corrected chi connectivity index (χ2v) is 11.5. The number of halogens is 1. The summed E-state index contributed by atoms with van der Waals surface area (Å²) in [4.78, 5) is 48.7. The van der Waals surface area contributed by atoms with Crippen LogP contribution < -0.4 is 33.7 Å². The maximum absolute atomic E-state index is 14.3. The summed E-state index contributed by atoms with van der Waals surface area (Å²) in [6, 6.07) is 4.64. The number of carbonyl (C=O) groups excluding carboxylic acids is 3. The van der Waals surface area contributed by atoms with Gasteiger partial charge in [0.1, 0.15) is 22.1 Å². The fourth-order valence-electron chi connectivity index (χ4n) is 6.24. The molecule has 1 aliphatic carbocycles. The average Bonchev–Trinajstić information content (AvgIpc) is 3.70. The zero-order chi connectivity index (χ0) is 34.0. The van der Waals surface area contributed by atoms with Crippen LogP contribution in [0.25, 0.3) is 0 Å². The number of nitrogens with zero attached hydrogens (tertiary/aromatic N) is 1. The Morgan fingerprint density at radius 3 is 2.30 bits per heavy atom. The van der Waals surface area contributed by atoms with Gasteiger partial charge in [0.15, 0.2) is 28.8 Å². The molecule has 1 aliphatic heterocycles. The van der Waals surface area contributed by atoms with E-state index in [9.17, 15) is 19.5 Å². The van der Waals surface area contributed by atoms with Crippen LogP contribution in [0, 0.1) is 5.92 Å². The third-order valence-electron chi connectivity index (χ3n) is 8.61. The Morgan fingerprint density at radius 2 is 1.72 bits per heavy atom. The Labute approximate surface area is 276 Å². The summed E-state index contributed by atoms with van der Waals surface area (Å²) in [5.74, 6) is -2.94. The molecule has 1 amide bonds. The van der Waals surface area contributed by atoms with E-state index in [-0.39, 0.29) is 64.3 Å². The third kappa shape index (κ3) is 5.69.